The summed E-state index contributed by atoms with van der Waals surface area (Å²) in [4.78, 5) is 14.4. The molecule has 96 valence electrons. The highest BCUT2D eigenvalue weighted by atomic mass is 16.7. The number of hydrogen-bond donors (Lipinski definition) is 0. The quantitative estimate of drug-likeness (QED) is 0.764. The van der Waals surface area contributed by atoms with E-state index in [1.165, 1.54) is 0 Å². The van der Waals surface area contributed by atoms with Crippen LogP contribution in [0, 0.1) is 5.92 Å². The molecule has 0 N–H and O–H groups in total. The Kier molecular flexibility index (Phi) is 2.86. The lowest BCUT2D eigenvalue weighted by atomic mass is 9.98. The summed E-state index contributed by atoms with van der Waals surface area (Å²) in [6.07, 6.45) is 2.16. The van der Waals surface area contributed by atoms with E-state index in [0.717, 1.165) is 31.8 Å². The van der Waals surface area contributed by atoms with Crippen LogP contribution in [0.1, 0.15) is 30.1 Å². The highest BCUT2D eigenvalue weighted by Crippen LogP contribution is 2.36. The van der Waals surface area contributed by atoms with Gasteiger partial charge in [0.25, 0.3) is 5.91 Å². The maximum atomic E-state index is 12.5. The summed E-state index contributed by atoms with van der Waals surface area (Å²) < 4.78 is 10.7. The van der Waals surface area contributed by atoms with Gasteiger partial charge in [-0.3, -0.25) is 4.79 Å². The zero-order chi connectivity index (χ0) is 12.5. The van der Waals surface area contributed by atoms with E-state index in [0.29, 0.717) is 17.1 Å². The molecule has 2 aliphatic heterocycles. The second kappa shape index (κ2) is 4.52. The molecule has 1 amide bonds. The predicted octanol–water partition coefficient (Wildman–Crippen LogP) is 2.29. The van der Waals surface area contributed by atoms with Crippen molar-refractivity contribution in [2.45, 2.75) is 19.8 Å². The van der Waals surface area contributed by atoms with Gasteiger partial charge < -0.3 is 14.4 Å². The van der Waals surface area contributed by atoms with Crippen LogP contribution in [0.4, 0.5) is 0 Å². The van der Waals surface area contributed by atoms with E-state index in [2.05, 4.69) is 6.92 Å². The number of nitrogens with zero attached hydrogens (tertiary/aromatic N) is 1. The molecule has 0 unspecified atom stereocenters. The molecule has 1 aromatic rings. The lowest BCUT2D eigenvalue weighted by Gasteiger charge is -2.30. The lowest BCUT2D eigenvalue weighted by Crippen LogP contribution is -2.38. The Labute approximate surface area is 106 Å². The van der Waals surface area contributed by atoms with Gasteiger partial charge in [-0.1, -0.05) is 13.0 Å². The molecule has 0 spiro atoms. The largest absolute Gasteiger partial charge is 0.454 e. The number of benzene rings is 1. The number of ether oxygens (including phenoxy) is 2. The number of likely N-dealkylation sites (tertiary alicyclic amines) is 1. The summed E-state index contributed by atoms with van der Waals surface area (Å²) in [5, 5.41) is 0. The predicted molar refractivity (Wildman–Crippen MR) is 66.9 cm³/mol. The van der Waals surface area contributed by atoms with Crippen molar-refractivity contribution in [3.8, 4) is 11.5 Å². The highest BCUT2D eigenvalue weighted by molar-refractivity contribution is 5.98. The molecular weight excluding hydrogens is 230 g/mol. The first kappa shape index (κ1) is 11.4. The Bertz CT molecular complexity index is 464. The summed E-state index contributed by atoms with van der Waals surface area (Å²) in [5.74, 6) is 2.05. The molecule has 0 saturated carbocycles. The minimum absolute atomic E-state index is 0.0595. The summed E-state index contributed by atoms with van der Waals surface area (Å²) in [6, 6.07) is 5.48. The molecule has 0 atom stereocenters. The van der Waals surface area contributed by atoms with Gasteiger partial charge in [-0.05, 0) is 30.9 Å². The summed E-state index contributed by atoms with van der Waals surface area (Å²) in [7, 11) is 0. The summed E-state index contributed by atoms with van der Waals surface area (Å²) in [5.41, 5.74) is 0.625. The lowest BCUT2D eigenvalue weighted by molar-refractivity contribution is 0.0692. The van der Waals surface area contributed by atoms with Crippen molar-refractivity contribution < 1.29 is 14.3 Å². The Morgan fingerprint density at radius 1 is 1.28 bits per heavy atom. The minimum atomic E-state index is 0.0595. The molecule has 1 saturated heterocycles. The van der Waals surface area contributed by atoms with Gasteiger partial charge in [-0.2, -0.15) is 0 Å². The second-order valence-corrected chi connectivity index (χ2v) is 5.01. The maximum absolute atomic E-state index is 12.5. The van der Waals surface area contributed by atoms with Gasteiger partial charge in [-0.15, -0.1) is 0 Å². The van der Waals surface area contributed by atoms with Crippen LogP contribution >= 0.6 is 0 Å². The molecule has 18 heavy (non-hydrogen) atoms. The molecular formula is C14H17NO3. The standard InChI is InChI=1S/C14H17NO3/c1-10-5-7-15(8-6-10)14(16)11-3-2-4-12-13(11)18-9-17-12/h2-4,10H,5-9H2,1H3. The van der Waals surface area contributed by atoms with Crippen molar-refractivity contribution in [3.63, 3.8) is 0 Å². The minimum Gasteiger partial charge on any atom is -0.454 e. The summed E-state index contributed by atoms with van der Waals surface area (Å²) in [6.45, 7) is 4.12. The van der Waals surface area contributed by atoms with Crippen molar-refractivity contribution in [3.05, 3.63) is 23.8 Å². The third kappa shape index (κ3) is 1.92. The smallest absolute Gasteiger partial charge is 0.257 e. The van der Waals surface area contributed by atoms with Crippen molar-refractivity contribution >= 4 is 5.91 Å². The third-order valence-corrected chi connectivity index (χ3v) is 3.70. The van der Waals surface area contributed by atoms with Crippen molar-refractivity contribution in [2.75, 3.05) is 19.9 Å². The first-order valence-electron chi connectivity index (χ1n) is 6.43. The van der Waals surface area contributed by atoms with Gasteiger partial charge in [0, 0.05) is 13.1 Å². The average molecular weight is 247 g/mol. The molecule has 2 heterocycles. The molecule has 1 aromatic carbocycles. The Hall–Kier alpha value is -1.71. The molecule has 2 aliphatic rings. The fourth-order valence-electron chi connectivity index (χ4n) is 2.48. The molecule has 3 rings (SSSR count). The van der Waals surface area contributed by atoms with E-state index in [1.54, 1.807) is 0 Å². The number of carbonyl (C=O) groups is 1. The van der Waals surface area contributed by atoms with Crippen LogP contribution in [-0.4, -0.2) is 30.7 Å². The molecule has 4 heteroatoms. The van der Waals surface area contributed by atoms with Crippen LogP contribution in [0.15, 0.2) is 18.2 Å². The fourth-order valence-corrected chi connectivity index (χ4v) is 2.48. The van der Waals surface area contributed by atoms with Gasteiger partial charge in [0.15, 0.2) is 11.5 Å². The van der Waals surface area contributed by atoms with E-state index >= 15 is 0 Å². The van der Waals surface area contributed by atoms with Gasteiger partial charge in [-0.25, -0.2) is 0 Å². The molecule has 1 fully saturated rings. The maximum Gasteiger partial charge on any atom is 0.257 e. The van der Waals surface area contributed by atoms with Crippen LogP contribution in [-0.2, 0) is 0 Å². The van der Waals surface area contributed by atoms with Crippen LogP contribution < -0.4 is 9.47 Å². The average Bonchev–Trinajstić information content (AvgIpc) is 2.87. The summed E-state index contributed by atoms with van der Waals surface area (Å²) >= 11 is 0. The van der Waals surface area contributed by atoms with Crippen molar-refractivity contribution in [2.24, 2.45) is 5.92 Å². The van der Waals surface area contributed by atoms with E-state index in [-0.39, 0.29) is 12.7 Å². The highest BCUT2D eigenvalue weighted by Gasteiger charge is 2.27. The topological polar surface area (TPSA) is 38.8 Å². The van der Waals surface area contributed by atoms with Crippen LogP contribution in [0.25, 0.3) is 0 Å². The SMILES string of the molecule is CC1CCN(C(=O)c2cccc3c2OCO3)CC1. The number of fused-ring (bicyclic) bond motifs is 1. The van der Waals surface area contributed by atoms with Gasteiger partial charge in [0.2, 0.25) is 6.79 Å². The van der Waals surface area contributed by atoms with E-state index < -0.39 is 0 Å². The Morgan fingerprint density at radius 2 is 2.06 bits per heavy atom. The zero-order valence-electron chi connectivity index (χ0n) is 10.5. The number of hydrogen-bond acceptors (Lipinski definition) is 3. The third-order valence-electron chi connectivity index (χ3n) is 3.70. The van der Waals surface area contributed by atoms with Gasteiger partial charge in [0.05, 0.1) is 5.56 Å². The van der Waals surface area contributed by atoms with E-state index in [1.807, 2.05) is 23.1 Å². The number of rotatable bonds is 1. The zero-order valence-corrected chi connectivity index (χ0v) is 10.5. The number of piperidine rings is 1. The second-order valence-electron chi connectivity index (χ2n) is 5.01. The van der Waals surface area contributed by atoms with Crippen LogP contribution in [0.2, 0.25) is 0 Å². The molecule has 0 radical (unpaired) electrons. The van der Waals surface area contributed by atoms with Gasteiger partial charge in [0.1, 0.15) is 0 Å². The molecule has 0 aliphatic carbocycles. The molecule has 0 aromatic heterocycles. The van der Waals surface area contributed by atoms with E-state index in [9.17, 15) is 4.79 Å². The molecule has 0 bridgehead atoms. The Morgan fingerprint density at radius 3 is 2.83 bits per heavy atom. The van der Waals surface area contributed by atoms with Crippen molar-refractivity contribution in [1.29, 1.82) is 0 Å². The first-order chi connectivity index (χ1) is 8.75. The van der Waals surface area contributed by atoms with Crippen molar-refractivity contribution in [1.82, 2.24) is 4.90 Å². The Balaban J connectivity index is 1.83. The fraction of sp³-hybridized carbons (Fsp3) is 0.500. The first-order valence-corrected chi connectivity index (χ1v) is 6.43. The van der Waals surface area contributed by atoms with Crippen LogP contribution in [0.5, 0.6) is 11.5 Å². The number of amides is 1. The number of carbonyl (C=O) groups excluding carboxylic acids is 1. The normalized spacial score (nSPS) is 19.1. The van der Waals surface area contributed by atoms with E-state index in [4.69, 9.17) is 9.47 Å². The van der Waals surface area contributed by atoms with Crippen LogP contribution in [0.3, 0.4) is 0 Å². The number of para-hydroxylation sites is 1. The van der Waals surface area contributed by atoms with Gasteiger partial charge >= 0.3 is 0 Å². The monoisotopic (exact) mass is 247 g/mol. The molecule has 4 nitrogen and oxygen atoms in total.